The van der Waals surface area contributed by atoms with Gasteiger partial charge in [-0.2, -0.15) is 5.10 Å². The molecule has 144 valence electrons. The first kappa shape index (κ1) is 20.8. The molecule has 8 heteroatoms. The maximum atomic E-state index is 12.3. The van der Waals surface area contributed by atoms with Crippen molar-refractivity contribution in [2.24, 2.45) is 5.10 Å². The predicted molar refractivity (Wildman–Crippen MR) is 111 cm³/mol. The fraction of sp³-hybridized carbons (Fsp3) is 0.263. The van der Waals surface area contributed by atoms with Crippen LogP contribution in [0.3, 0.4) is 0 Å². The van der Waals surface area contributed by atoms with E-state index in [2.05, 4.69) is 33.1 Å². The van der Waals surface area contributed by atoms with E-state index in [1.165, 1.54) is 13.3 Å². The van der Waals surface area contributed by atoms with Gasteiger partial charge in [-0.1, -0.05) is 0 Å². The molecular weight excluding hydrogens is 463 g/mol. The van der Waals surface area contributed by atoms with E-state index in [1.807, 2.05) is 13.0 Å². The Bertz CT molecular complexity index is 839. The van der Waals surface area contributed by atoms with Crippen LogP contribution in [0.25, 0.3) is 0 Å². The normalized spacial score (nSPS) is 10.6. The van der Waals surface area contributed by atoms with Crippen LogP contribution in [0, 0.1) is 3.57 Å². The van der Waals surface area contributed by atoms with E-state index in [9.17, 15) is 4.79 Å². The molecule has 2 rings (SSSR count). The number of rotatable bonds is 8. The zero-order valence-electron chi connectivity index (χ0n) is 15.5. The number of methoxy groups -OCH3 is 3. The number of benzene rings is 2. The van der Waals surface area contributed by atoms with Gasteiger partial charge in [0, 0.05) is 5.56 Å². The summed E-state index contributed by atoms with van der Waals surface area (Å²) in [6.07, 6.45) is 1.54. The summed E-state index contributed by atoms with van der Waals surface area (Å²) in [5.74, 6) is 1.96. The molecule has 0 saturated carbocycles. The number of carbonyl (C=O) groups is 1. The van der Waals surface area contributed by atoms with Crippen molar-refractivity contribution in [3.63, 3.8) is 0 Å². The van der Waals surface area contributed by atoms with E-state index in [0.717, 1.165) is 9.13 Å². The molecule has 0 aliphatic rings. The third-order valence-corrected chi connectivity index (χ3v) is 4.36. The fourth-order valence-electron chi connectivity index (χ4n) is 2.33. The Morgan fingerprint density at radius 2 is 1.81 bits per heavy atom. The number of nitrogens with one attached hydrogen (secondary N) is 1. The highest BCUT2D eigenvalue weighted by Crippen LogP contribution is 2.33. The third-order valence-electron chi connectivity index (χ3n) is 3.56. The molecule has 0 aliphatic heterocycles. The van der Waals surface area contributed by atoms with E-state index >= 15 is 0 Å². The molecule has 0 spiro atoms. The number of hydrazone groups is 1. The Hall–Kier alpha value is -2.49. The topological polar surface area (TPSA) is 78.4 Å². The van der Waals surface area contributed by atoms with Crippen molar-refractivity contribution < 1.29 is 23.7 Å². The van der Waals surface area contributed by atoms with Crippen LogP contribution in [-0.4, -0.2) is 40.1 Å². The van der Waals surface area contributed by atoms with Crippen LogP contribution in [0.15, 0.2) is 35.4 Å². The van der Waals surface area contributed by atoms with Gasteiger partial charge in [-0.15, -0.1) is 0 Å². The molecule has 2 aromatic carbocycles. The minimum atomic E-state index is -0.359. The second-order valence-corrected chi connectivity index (χ2v) is 6.40. The lowest BCUT2D eigenvalue weighted by molar-refractivity contribution is 0.0954. The quantitative estimate of drug-likeness (QED) is 0.353. The molecule has 0 aliphatic carbocycles. The van der Waals surface area contributed by atoms with Gasteiger partial charge < -0.3 is 18.9 Å². The average Bonchev–Trinajstić information content (AvgIpc) is 2.67. The van der Waals surface area contributed by atoms with Gasteiger partial charge in [0.25, 0.3) is 5.91 Å². The monoisotopic (exact) mass is 484 g/mol. The molecule has 7 nitrogen and oxygen atoms in total. The molecule has 1 amide bonds. The fourth-order valence-corrected chi connectivity index (χ4v) is 3.17. The maximum absolute atomic E-state index is 12.3. The van der Waals surface area contributed by atoms with E-state index in [-0.39, 0.29) is 5.91 Å². The van der Waals surface area contributed by atoms with Crippen molar-refractivity contribution >= 4 is 34.7 Å². The molecule has 0 bridgehead atoms. The van der Waals surface area contributed by atoms with Crippen LogP contribution in [0.1, 0.15) is 22.8 Å². The zero-order valence-corrected chi connectivity index (χ0v) is 17.7. The number of ether oxygens (including phenoxy) is 4. The SMILES string of the molecule is CCOc1ccc(C(=O)N/N=C/c2cc(I)c(OC)c(OC)c2)cc1OC. The van der Waals surface area contributed by atoms with Gasteiger partial charge in [-0.05, 0) is 65.4 Å². The number of carbonyl (C=O) groups excluding carboxylic acids is 1. The van der Waals surface area contributed by atoms with Crippen molar-refractivity contribution in [3.05, 3.63) is 45.0 Å². The highest BCUT2D eigenvalue weighted by atomic mass is 127. The van der Waals surface area contributed by atoms with Crippen molar-refractivity contribution in [1.29, 1.82) is 0 Å². The van der Waals surface area contributed by atoms with Gasteiger partial charge in [-0.25, -0.2) is 5.43 Å². The van der Waals surface area contributed by atoms with Gasteiger partial charge in [-0.3, -0.25) is 4.79 Å². The third kappa shape index (κ3) is 5.25. The number of hydrogen-bond acceptors (Lipinski definition) is 6. The lowest BCUT2D eigenvalue weighted by atomic mass is 10.2. The summed E-state index contributed by atoms with van der Waals surface area (Å²) in [5, 5.41) is 4.01. The van der Waals surface area contributed by atoms with E-state index < -0.39 is 0 Å². The summed E-state index contributed by atoms with van der Waals surface area (Å²) >= 11 is 2.15. The highest BCUT2D eigenvalue weighted by molar-refractivity contribution is 14.1. The van der Waals surface area contributed by atoms with Gasteiger partial charge in [0.05, 0.1) is 37.7 Å². The Balaban J connectivity index is 2.12. The Kier molecular flexibility index (Phi) is 7.71. The summed E-state index contributed by atoms with van der Waals surface area (Å²) < 4.78 is 22.2. The molecule has 0 fully saturated rings. The van der Waals surface area contributed by atoms with Crippen LogP contribution in [0.5, 0.6) is 23.0 Å². The zero-order chi connectivity index (χ0) is 19.8. The molecule has 1 N–H and O–H groups in total. The highest BCUT2D eigenvalue weighted by Gasteiger charge is 2.11. The molecular formula is C19H21IN2O5. The summed E-state index contributed by atoms with van der Waals surface area (Å²) in [6.45, 7) is 2.39. The van der Waals surface area contributed by atoms with Crippen LogP contribution in [0.2, 0.25) is 0 Å². The van der Waals surface area contributed by atoms with Gasteiger partial charge in [0.2, 0.25) is 0 Å². The smallest absolute Gasteiger partial charge is 0.271 e. The summed E-state index contributed by atoms with van der Waals surface area (Å²) in [5.41, 5.74) is 3.67. The molecule has 0 atom stereocenters. The minimum Gasteiger partial charge on any atom is -0.493 e. The van der Waals surface area contributed by atoms with Crippen molar-refractivity contribution in [2.75, 3.05) is 27.9 Å². The number of hydrogen-bond donors (Lipinski definition) is 1. The van der Waals surface area contributed by atoms with Crippen molar-refractivity contribution in [3.8, 4) is 23.0 Å². The van der Waals surface area contributed by atoms with Gasteiger partial charge in [0.15, 0.2) is 23.0 Å². The molecule has 0 saturated heterocycles. The second-order valence-electron chi connectivity index (χ2n) is 5.24. The Morgan fingerprint density at radius 3 is 2.44 bits per heavy atom. The Morgan fingerprint density at radius 1 is 1.07 bits per heavy atom. The Labute approximate surface area is 171 Å². The maximum Gasteiger partial charge on any atom is 0.271 e. The first-order valence-corrected chi connectivity index (χ1v) is 9.17. The molecule has 0 radical (unpaired) electrons. The first-order chi connectivity index (χ1) is 13.0. The van der Waals surface area contributed by atoms with Gasteiger partial charge in [0.1, 0.15) is 0 Å². The molecule has 27 heavy (non-hydrogen) atoms. The van der Waals surface area contributed by atoms with Crippen LogP contribution >= 0.6 is 22.6 Å². The largest absolute Gasteiger partial charge is 0.493 e. The van der Waals surface area contributed by atoms with Crippen LogP contribution in [0.4, 0.5) is 0 Å². The minimum absolute atomic E-state index is 0.359. The second kappa shape index (κ2) is 10.0. The lowest BCUT2D eigenvalue weighted by Gasteiger charge is -2.10. The standard InChI is InChI=1S/C19H21IN2O5/c1-5-27-15-7-6-13(10-16(15)24-2)19(23)22-21-11-12-8-14(20)18(26-4)17(9-12)25-3/h6-11H,5H2,1-4H3,(H,22,23)/b21-11+. The van der Waals surface area contributed by atoms with Crippen LogP contribution < -0.4 is 24.4 Å². The molecule has 2 aromatic rings. The predicted octanol–water partition coefficient (Wildman–Crippen LogP) is 3.48. The van der Waals surface area contributed by atoms with Gasteiger partial charge >= 0.3 is 0 Å². The average molecular weight is 484 g/mol. The van der Waals surface area contributed by atoms with Crippen molar-refractivity contribution in [1.82, 2.24) is 5.43 Å². The molecule has 0 aromatic heterocycles. The van der Waals surface area contributed by atoms with Crippen molar-refractivity contribution in [2.45, 2.75) is 6.92 Å². The first-order valence-electron chi connectivity index (χ1n) is 8.09. The van der Waals surface area contributed by atoms with E-state index in [0.29, 0.717) is 35.2 Å². The lowest BCUT2D eigenvalue weighted by Crippen LogP contribution is -2.17. The summed E-state index contributed by atoms with van der Waals surface area (Å²) in [6, 6.07) is 8.60. The molecule has 0 heterocycles. The summed E-state index contributed by atoms with van der Waals surface area (Å²) in [7, 11) is 4.67. The van der Waals surface area contributed by atoms with E-state index in [1.54, 1.807) is 38.5 Å². The summed E-state index contributed by atoms with van der Waals surface area (Å²) in [4.78, 5) is 12.3. The number of amides is 1. The van der Waals surface area contributed by atoms with E-state index in [4.69, 9.17) is 18.9 Å². The number of nitrogens with zero attached hydrogens (tertiary/aromatic N) is 1. The number of halogens is 1. The van der Waals surface area contributed by atoms with Crippen LogP contribution in [-0.2, 0) is 0 Å². The molecule has 0 unspecified atom stereocenters.